The first kappa shape index (κ1) is 11.6. The van der Waals surface area contributed by atoms with E-state index < -0.39 is 0 Å². The number of hydrogen-bond donors (Lipinski definition) is 1. The third-order valence-corrected chi connectivity index (χ3v) is 2.63. The molecule has 0 fully saturated rings. The quantitative estimate of drug-likeness (QED) is 0.877. The lowest BCUT2D eigenvalue weighted by Crippen LogP contribution is -2.02. The van der Waals surface area contributed by atoms with Crippen LogP contribution in [0.1, 0.15) is 31.0 Å². The molecule has 0 bridgehead atoms. The SMILES string of the molecule is CC(C)c1nn(C)cc1CNc1cccnc1. The van der Waals surface area contributed by atoms with Gasteiger partial charge in [-0.1, -0.05) is 13.8 Å². The zero-order valence-corrected chi connectivity index (χ0v) is 10.5. The van der Waals surface area contributed by atoms with E-state index in [4.69, 9.17) is 0 Å². The third kappa shape index (κ3) is 2.84. The second kappa shape index (κ2) is 4.99. The lowest BCUT2D eigenvalue weighted by molar-refractivity contribution is 0.712. The van der Waals surface area contributed by atoms with Crippen molar-refractivity contribution in [3.8, 4) is 0 Å². The van der Waals surface area contributed by atoms with Crippen molar-refractivity contribution in [2.75, 3.05) is 5.32 Å². The van der Waals surface area contributed by atoms with Gasteiger partial charge in [-0.2, -0.15) is 5.10 Å². The van der Waals surface area contributed by atoms with Crippen LogP contribution in [0.2, 0.25) is 0 Å². The van der Waals surface area contributed by atoms with E-state index in [9.17, 15) is 0 Å². The Hall–Kier alpha value is -1.84. The summed E-state index contributed by atoms with van der Waals surface area (Å²) in [5.74, 6) is 0.446. The summed E-state index contributed by atoms with van der Waals surface area (Å²) in [6.45, 7) is 5.11. The zero-order valence-electron chi connectivity index (χ0n) is 10.5. The Morgan fingerprint density at radius 2 is 2.24 bits per heavy atom. The highest BCUT2D eigenvalue weighted by Crippen LogP contribution is 2.18. The predicted octanol–water partition coefficient (Wildman–Crippen LogP) is 2.55. The van der Waals surface area contributed by atoms with Gasteiger partial charge in [-0.3, -0.25) is 9.67 Å². The van der Waals surface area contributed by atoms with E-state index in [0.717, 1.165) is 17.9 Å². The number of aromatic nitrogens is 3. The summed E-state index contributed by atoms with van der Waals surface area (Å²) in [6, 6.07) is 3.94. The molecule has 0 unspecified atom stereocenters. The fraction of sp³-hybridized carbons (Fsp3) is 0.385. The normalized spacial score (nSPS) is 10.8. The summed E-state index contributed by atoms with van der Waals surface area (Å²) in [5, 5.41) is 7.84. The first-order chi connectivity index (χ1) is 8.16. The summed E-state index contributed by atoms with van der Waals surface area (Å²) >= 11 is 0. The van der Waals surface area contributed by atoms with Crippen LogP contribution in [0.5, 0.6) is 0 Å². The summed E-state index contributed by atoms with van der Waals surface area (Å²) in [5.41, 5.74) is 3.43. The first-order valence-corrected chi connectivity index (χ1v) is 5.83. The highest BCUT2D eigenvalue weighted by molar-refractivity contribution is 5.41. The van der Waals surface area contributed by atoms with Gasteiger partial charge in [-0.25, -0.2) is 0 Å². The fourth-order valence-electron chi connectivity index (χ4n) is 1.84. The molecule has 2 heterocycles. The van der Waals surface area contributed by atoms with Crippen LogP contribution in [0.4, 0.5) is 5.69 Å². The van der Waals surface area contributed by atoms with Crippen molar-refractivity contribution in [1.29, 1.82) is 0 Å². The number of rotatable bonds is 4. The van der Waals surface area contributed by atoms with Gasteiger partial charge in [0.1, 0.15) is 0 Å². The summed E-state index contributed by atoms with van der Waals surface area (Å²) < 4.78 is 1.87. The molecular weight excluding hydrogens is 212 g/mol. The van der Waals surface area contributed by atoms with Crippen molar-refractivity contribution in [2.24, 2.45) is 7.05 Å². The van der Waals surface area contributed by atoms with Gasteiger partial charge in [0, 0.05) is 37.7 Å². The van der Waals surface area contributed by atoms with Crippen LogP contribution in [0, 0.1) is 0 Å². The van der Waals surface area contributed by atoms with Crippen LogP contribution < -0.4 is 5.32 Å². The monoisotopic (exact) mass is 230 g/mol. The van der Waals surface area contributed by atoms with Gasteiger partial charge < -0.3 is 5.32 Å². The first-order valence-electron chi connectivity index (χ1n) is 5.83. The Morgan fingerprint density at radius 3 is 2.88 bits per heavy atom. The number of nitrogens with one attached hydrogen (secondary N) is 1. The molecule has 0 atom stereocenters. The van der Waals surface area contributed by atoms with Crippen molar-refractivity contribution >= 4 is 5.69 Å². The molecule has 0 spiro atoms. The maximum Gasteiger partial charge on any atom is 0.0699 e. The van der Waals surface area contributed by atoms with E-state index in [1.165, 1.54) is 5.56 Å². The molecule has 4 nitrogen and oxygen atoms in total. The van der Waals surface area contributed by atoms with Crippen LogP contribution in [-0.2, 0) is 13.6 Å². The number of hydrogen-bond acceptors (Lipinski definition) is 3. The van der Waals surface area contributed by atoms with E-state index >= 15 is 0 Å². The predicted molar refractivity (Wildman–Crippen MR) is 68.9 cm³/mol. The van der Waals surface area contributed by atoms with Gasteiger partial charge in [0.15, 0.2) is 0 Å². The average Bonchev–Trinajstić information content (AvgIpc) is 2.69. The van der Waals surface area contributed by atoms with Gasteiger partial charge in [-0.05, 0) is 18.1 Å². The molecule has 0 aliphatic carbocycles. The Labute approximate surface area is 102 Å². The molecule has 0 aliphatic rings. The van der Waals surface area contributed by atoms with Crippen LogP contribution in [0.25, 0.3) is 0 Å². The topological polar surface area (TPSA) is 42.7 Å². The minimum absolute atomic E-state index is 0.446. The lowest BCUT2D eigenvalue weighted by Gasteiger charge is -2.07. The van der Waals surface area contributed by atoms with Crippen LogP contribution in [0.15, 0.2) is 30.7 Å². The van der Waals surface area contributed by atoms with Crippen LogP contribution in [-0.4, -0.2) is 14.8 Å². The maximum absolute atomic E-state index is 4.48. The van der Waals surface area contributed by atoms with E-state index in [1.54, 1.807) is 6.20 Å². The molecule has 1 N–H and O–H groups in total. The molecule has 0 saturated heterocycles. The fourth-order valence-corrected chi connectivity index (χ4v) is 1.84. The lowest BCUT2D eigenvalue weighted by atomic mass is 10.1. The number of nitrogens with zero attached hydrogens (tertiary/aromatic N) is 3. The molecule has 90 valence electrons. The molecule has 0 aliphatic heterocycles. The largest absolute Gasteiger partial charge is 0.380 e. The Kier molecular flexibility index (Phi) is 3.42. The molecule has 2 aromatic heterocycles. The van der Waals surface area contributed by atoms with E-state index in [2.05, 4.69) is 35.4 Å². The van der Waals surface area contributed by atoms with Crippen molar-refractivity contribution in [3.05, 3.63) is 42.0 Å². The average molecular weight is 230 g/mol. The smallest absolute Gasteiger partial charge is 0.0699 e. The van der Waals surface area contributed by atoms with Crippen LogP contribution >= 0.6 is 0 Å². The highest BCUT2D eigenvalue weighted by atomic mass is 15.3. The summed E-state index contributed by atoms with van der Waals surface area (Å²) in [7, 11) is 1.96. The van der Waals surface area contributed by atoms with E-state index in [0.29, 0.717) is 5.92 Å². The van der Waals surface area contributed by atoms with E-state index in [-0.39, 0.29) is 0 Å². The number of aryl methyl sites for hydroxylation is 1. The van der Waals surface area contributed by atoms with Gasteiger partial charge in [-0.15, -0.1) is 0 Å². The van der Waals surface area contributed by atoms with Crippen molar-refractivity contribution < 1.29 is 0 Å². The maximum atomic E-state index is 4.48. The minimum atomic E-state index is 0.446. The second-order valence-electron chi connectivity index (χ2n) is 4.46. The summed E-state index contributed by atoms with van der Waals surface area (Å²) in [6.07, 6.45) is 5.67. The summed E-state index contributed by atoms with van der Waals surface area (Å²) in [4.78, 5) is 4.08. The van der Waals surface area contributed by atoms with Crippen molar-refractivity contribution in [1.82, 2.24) is 14.8 Å². The number of anilines is 1. The third-order valence-electron chi connectivity index (χ3n) is 2.63. The zero-order chi connectivity index (χ0) is 12.3. The Bertz CT molecular complexity index is 473. The van der Waals surface area contributed by atoms with Gasteiger partial charge in [0.25, 0.3) is 0 Å². The van der Waals surface area contributed by atoms with E-state index in [1.807, 2.05) is 30.1 Å². The molecule has 4 heteroatoms. The molecular formula is C13H18N4. The molecule has 17 heavy (non-hydrogen) atoms. The Balaban J connectivity index is 2.09. The minimum Gasteiger partial charge on any atom is -0.380 e. The molecule has 0 saturated carbocycles. The van der Waals surface area contributed by atoms with Gasteiger partial charge in [0.05, 0.1) is 11.4 Å². The molecule has 0 amide bonds. The molecule has 2 rings (SSSR count). The van der Waals surface area contributed by atoms with Crippen molar-refractivity contribution in [3.63, 3.8) is 0 Å². The van der Waals surface area contributed by atoms with Gasteiger partial charge in [0.2, 0.25) is 0 Å². The molecule has 2 aromatic rings. The number of pyridine rings is 1. The standard InChI is InChI=1S/C13H18N4/c1-10(2)13-11(9-17(3)16-13)7-15-12-5-4-6-14-8-12/h4-6,8-10,15H,7H2,1-3H3. The van der Waals surface area contributed by atoms with Gasteiger partial charge >= 0.3 is 0 Å². The molecule has 0 radical (unpaired) electrons. The van der Waals surface area contributed by atoms with Crippen LogP contribution in [0.3, 0.4) is 0 Å². The Morgan fingerprint density at radius 1 is 1.41 bits per heavy atom. The highest BCUT2D eigenvalue weighted by Gasteiger charge is 2.10. The van der Waals surface area contributed by atoms with Crippen molar-refractivity contribution in [2.45, 2.75) is 26.3 Å². The second-order valence-corrected chi connectivity index (χ2v) is 4.46. The molecule has 0 aromatic carbocycles.